The number of furan rings is 1. The maximum Gasteiger partial charge on any atom is 0.274 e. The van der Waals surface area contributed by atoms with Crippen LogP contribution in [0.15, 0.2) is 33.8 Å². The first-order chi connectivity index (χ1) is 10.5. The molecule has 1 N–H and O–H groups in total. The summed E-state index contributed by atoms with van der Waals surface area (Å²) >= 11 is 0. The van der Waals surface area contributed by atoms with Crippen LogP contribution < -0.4 is 14.9 Å². The molecule has 0 atom stereocenters. The van der Waals surface area contributed by atoms with Crippen LogP contribution in [0.4, 0.5) is 0 Å². The van der Waals surface area contributed by atoms with E-state index >= 15 is 0 Å². The largest absolute Gasteiger partial charge is 0.466 e. The van der Waals surface area contributed by atoms with Crippen molar-refractivity contribution in [1.29, 1.82) is 0 Å². The molecule has 1 amide bonds. The van der Waals surface area contributed by atoms with Gasteiger partial charge in [0.2, 0.25) is 6.79 Å². The molecule has 6 heteroatoms. The number of nitrogens with zero attached hydrogens (tertiary/aromatic N) is 1. The SMILES string of the molecule is C/C(=N\NC(=O)c1cc(C)oc1C)c1ccc2c(c1)OCO2. The number of ether oxygens (including phenoxy) is 2. The Balaban J connectivity index is 1.75. The second-order valence-corrected chi connectivity index (χ2v) is 5.03. The summed E-state index contributed by atoms with van der Waals surface area (Å²) in [6.07, 6.45) is 0. The molecule has 0 saturated heterocycles. The molecule has 0 fully saturated rings. The van der Waals surface area contributed by atoms with Crippen LogP contribution in [0.3, 0.4) is 0 Å². The van der Waals surface area contributed by atoms with Crippen molar-refractivity contribution in [2.75, 3.05) is 6.79 Å². The third-order valence-corrected chi connectivity index (χ3v) is 3.40. The van der Waals surface area contributed by atoms with Crippen molar-refractivity contribution >= 4 is 11.6 Å². The molecule has 6 nitrogen and oxygen atoms in total. The fourth-order valence-electron chi connectivity index (χ4n) is 2.24. The fourth-order valence-corrected chi connectivity index (χ4v) is 2.24. The molecule has 22 heavy (non-hydrogen) atoms. The Hall–Kier alpha value is -2.76. The first-order valence-electron chi connectivity index (χ1n) is 6.86. The van der Waals surface area contributed by atoms with Crippen molar-refractivity contribution in [1.82, 2.24) is 5.43 Å². The van der Waals surface area contributed by atoms with Gasteiger partial charge in [-0.1, -0.05) is 0 Å². The third kappa shape index (κ3) is 2.67. The minimum Gasteiger partial charge on any atom is -0.466 e. The molecule has 0 radical (unpaired) electrons. The number of carbonyl (C=O) groups is 1. The highest BCUT2D eigenvalue weighted by Crippen LogP contribution is 2.32. The van der Waals surface area contributed by atoms with Crippen molar-refractivity contribution in [2.45, 2.75) is 20.8 Å². The molecular formula is C16H16N2O4. The Morgan fingerprint density at radius 3 is 2.68 bits per heavy atom. The number of fused-ring (bicyclic) bond motifs is 1. The smallest absolute Gasteiger partial charge is 0.274 e. The van der Waals surface area contributed by atoms with E-state index in [9.17, 15) is 4.79 Å². The van der Waals surface area contributed by atoms with E-state index in [1.54, 1.807) is 19.9 Å². The average Bonchev–Trinajstić information content (AvgIpc) is 3.09. The summed E-state index contributed by atoms with van der Waals surface area (Å²) in [5.41, 5.74) is 4.54. The van der Waals surface area contributed by atoms with Gasteiger partial charge in [-0.15, -0.1) is 0 Å². The van der Waals surface area contributed by atoms with Gasteiger partial charge in [0, 0.05) is 5.56 Å². The van der Waals surface area contributed by atoms with Crippen LogP contribution in [0.2, 0.25) is 0 Å². The molecule has 0 unspecified atom stereocenters. The van der Waals surface area contributed by atoms with Gasteiger partial charge in [-0.05, 0) is 45.0 Å². The van der Waals surface area contributed by atoms with Gasteiger partial charge in [-0.2, -0.15) is 5.10 Å². The molecule has 3 rings (SSSR count). The van der Waals surface area contributed by atoms with Gasteiger partial charge in [0.1, 0.15) is 11.5 Å². The molecule has 1 aromatic carbocycles. The monoisotopic (exact) mass is 300 g/mol. The van der Waals surface area contributed by atoms with Crippen LogP contribution in [0.1, 0.15) is 34.4 Å². The maximum atomic E-state index is 12.1. The number of hydrogen-bond donors (Lipinski definition) is 1. The molecule has 0 spiro atoms. The van der Waals surface area contributed by atoms with Gasteiger partial charge in [-0.3, -0.25) is 4.79 Å². The van der Waals surface area contributed by atoms with E-state index in [1.807, 2.05) is 25.1 Å². The number of amides is 1. The molecule has 0 bridgehead atoms. The van der Waals surface area contributed by atoms with Crippen molar-refractivity contribution in [3.63, 3.8) is 0 Å². The predicted octanol–water partition coefficient (Wildman–Crippen LogP) is 2.78. The molecule has 0 aliphatic carbocycles. The van der Waals surface area contributed by atoms with Gasteiger partial charge in [0.15, 0.2) is 11.5 Å². The lowest BCUT2D eigenvalue weighted by molar-refractivity contribution is 0.0953. The summed E-state index contributed by atoms with van der Waals surface area (Å²) in [6, 6.07) is 7.21. The zero-order valence-corrected chi connectivity index (χ0v) is 12.6. The topological polar surface area (TPSA) is 73.1 Å². The normalized spacial score (nSPS) is 13.3. The molecule has 1 aliphatic rings. The first kappa shape index (κ1) is 14.2. The van der Waals surface area contributed by atoms with Crippen LogP contribution in [0, 0.1) is 13.8 Å². The molecule has 1 aliphatic heterocycles. The van der Waals surface area contributed by atoms with E-state index in [1.165, 1.54) is 0 Å². The predicted molar refractivity (Wildman–Crippen MR) is 80.4 cm³/mol. The molecule has 2 aromatic rings. The summed E-state index contributed by atoms with van der Waals surface area (Å²) in [5.74, 6) is 2.37. The standard InChI is InChI=1S/C16H16N2O4/c1-9-6-13(11(3)22-9)16(19)18-17-10(2)12-4-5-14-15(7-12)21-8-20-14/h4-7H,8H2,1-3H3,(H,18,19)/b17-10+. The van der Waals surface area contributed by atoms with E-state index in [2.05, 4.69) is 10.5 Å². The van der Waals surface area contributed by atoms with Crippen LogP contribution in [-0.4, -0.2) is 18.4 Å². The van der Waals surface area contributed by atoms with Gasteiger partial charge < -0.3 is 13.9 Å². The van der Waals surface area contributed by atoms with E-state index in [0.717, 1.165) is 5.56 Å². The molecule has 114 valence electrons. The van der Waals surface area contributed by atoms with Crippen molar-refractivity contribution < 1.29 is 18.7 Å². The number of rotatable bonds is 3. The zero-order chi connectivity index (χ0) is 15.7. The number of hydrogen-bond acceptors (Lipinski definition) is 5. The Labute approximate surface area is 127 Å². The molecule has 0 saturated carbocycles. The lowest BCUT2D eigenvalue weighted by atomic mass is 10.1. The Kier molecular flexibility index (Phi) is 3.58. The third-order valence-electron chi connectivity index (χ3n) is 3.40. The van der Waals surface area contributed by atoms with E-state index in [0.29, 0.717) is 34.3 Å². The number of aryl methyl sites for hydroxylation is 2. The Morgan fingerprint density at radius 1 is 1.18 bits per heavy atom. The quantitative estimate of drug-likeness (QED) is 0.699. The number of hydrazone groups is 1. The Bertz CT molecular complexity index is 762. The van der Waals surface area contributed by atoms with Crippen LogP contribution >= 0.6 is 0 Å². The molecular weight excluding hydrogens is 284 g/mol. The second kappa shape index (κ2) is 5.55. The van der Waals surface area contributed by atoms with Crippen molar-refractivity contribution in [3.8, 4) is 11.5 Å². The highest BCUT2D eigenvalue weighted by Gasteiger charge is 2.15. The highest BCUT2D eigenvalue weighted by molar-refractivity contribution is 6.01. The number of benzene rings is 1. The summed E-state index contributed by atoms with van der Waals surface area (Å²) in [5, 5.41) is 4.13. The summed E-state index contributed by atoms with van der Waals surface area (Å²) in [6.45, 7) is 5.58. The van der Waals surface area contributed by atoms with E-state index in [-0.39, 0.29) is 12.7 Å². The average molecular weight is 300 g/mol. The fraction of sp³-hybridized carbons (Fsp3) is 0.250. The van der Waals surface area contributed by atoms with E-state index < -0.39 is 0 Å². The lowest BCUT2D eigenvalue weighted by Gasteiger charge is -2.03. The highest BCUT2D eigenvalue weighted by atomic mass is 16.7. The minimum absolute atomic E-state index is 0.227. The van der Waals surface area contributed by atoms with Crippen LogP contribution in [0.5, 0.6) is 11.5 Å². The van der Waals surface area contributed by atoms with Crippen LogP contribution in [0.25, 0.3) is 0 Å². The van der Waals surface area contributed by atoms with Crippen molar-refractivity contribution in [2.24, 2.45) is 5.10 Å². The Morgan fingerprint density at radius 2 is 1.95 bits per heavy atom. The van der Waals surface area contributed by atoms with Gasteiger partial charge in [0.25, 0.3) is 5.91 Å². The van der Waals surface area contributed by atoms with E-state index in [4.69, 9.17) is 13.9 Å². The van der Waals surface area contributed by atoms with Gasteiger partial charge in [0.05, 0.1) is 11.3 Å². The second-order valence-electron chi connectivity index (χ2n) is 5.03. The zero-order valence-electron chi connectivity index (χ0n) is 12.6. The number of carbonyl (C=O) groups excluding carboxylic acids is 1. The minimum atomic E-state index is -0.297. The maximum absolute atomic E-state index is 12.1. The molecule has 2 heterocycles. The number of nitrogens with one attached hydrogen (secondary N) is 1. The summed E-state index contributed by atoms with van der Waals surface area (Å²) in [4.78, 5) is 12.1. The van der Waals surface area contributed by atoms with Gasteiger partial charge >= 0.3 is 0 Å². The lowest BCUT2D eigenvalue weighted by Crippen LogP contribution is -2.19. The summed E-state index contributed by atoms with van der Waals surface area (Å²) < 4.78 is 15.9. The van der Waals surface area contributed by atoms with Gasteiger partial charge in [-0.25, -0.2) is 5.43 Å². The molecule has 1 aromatic heterocycles. The van der Waals surface area contributed by atoms with Crippen LogP contribution in [-0.2, 0) is 0 Å². The first-order valence-corrected chi connectivity index (χ1v) is 6.86. The van der Waals surface area contributed by atoms with Crippen molar-refractivity contribution in [3.05, 3.63) is 46.9 Å². The summed E-state index contributed by atoms with van der Waals surface area (Å²) in [7, 11) is 0.